The second-order valence-electron chi connectivity index (χ2n) is 4.67. The highest BCUT2D eigenvalue weighted by atomic mass is 16.6. The summed E-state index contributed by atoms with van der Waals surface area (Å²) in [7, 11) is 0. The Hall–Kier alpha value is -2.21. The number of amides is 1. The maximum atomic E-state index is 12.0. The van der Waals surface area contributed by atoms with E-state index in [0.29, 0.717) is 12.1 Å². The predicted molar refractivity (Wildman–Crippen MR) is 74.0 cm³/mol. The third kappa shape index (κ3) is 3.64. The van der Waals surface area contributed by atoms with Gasteiger partial charge in [0.25, 0.3) is 5.69 Å². The fourth-order valence-corrected chi connectivity index (χ4v) is 1.97. The van der Waals surface area contributed by atoms with Crippen LogP contribution in [-0.4, -0.2) is 40.0 Å². The molecule has 1 amide bonds. The summed E-state index contributed by atoms with van der Waals surface area (Å²) in [5, 5.41) is 19.6. The molecule has 1 N–H and O–H groups in total. The molecule has 0 heterocycles. The number of nitro groups is 1. The quantitative estimate of drug-likeness (QED) is 0.486. The molecular weight excluding hydrogens is 260 g/mol. The number of nitrogens with zero attached hydrogens (tertiary/aromatic N) is 2. The van der Waals surface area contributed by atoms with E-state index in [0.717, 1.165) is 12.8 Å². The molecule has 0 bridgehead atoms. The molecule has 6 nitrogen and oxygen atoms in total. The van der Waals surface area contributed by atoms with Gasteiger partial charge in [-0.25, -0.2) is 0 Å². The summed E-state index contributed by atoms with van der Waals surface area (Å²) in [5.74, 6) is -0.173. The van der Waals surface area contributed by atoms with Gasteiger partial charge in [-0.05, 0) is 24.5 Å². The summed E-state index contributed by atoms with van der Waals surface area (Å²) in [6.07, 6.45) is 4.89. The van der Waals surface area contributed by atoms with Crippen LogP contribution >= 0.6 is 0 Å². The molecule has 0 unspecified atom stereocenters. The minimum atomic E-state index is -0.471. The zero-order valence-corrected chi connectivity index (χ0v) is 10.9. The molecule has 2 rings (SSSR count). The van der Waals surface area contributed by atoms with Crippen molar-refractivity contribution >= 4 is 17.7 Å². The molecule has 6 heteroatoms. The van der Waals surface area contributed by atoms with Gasteiger partial charge in [0.2, 0.25) is 5.91 Å². The normalized spacial score (nSPS) is 14.4. The fraction of sp³-hybridized carbons (Fsp3) is 0.357. The molecule has 1 saturated carbocycles. The molecule has 1 fully saturated rings. The lowest BCUT2D eigenvalue weighted by molar-refractivity contribution is -0.384. The first-order chi connectivity index (χ1) is 9.61. The smallest absolute Gasteiger partial charge is 0.270 e. The van der Waals surface area contributed by atoms with Gasteiger partial charge in [0, 0.05) is 30.8 Å². The number of carbonyl (C=O) groups is 1. The van der Waals surface area contributed by atoms with Crippen LogP contribution in [0.25, 0.3) is 6.08 Å². The highest BCUT2D eigenvalue weighted by Crippen LogP contribution is 2.26. The van der Waals surface area contributed by atoms with E-state index in [1.54, 1.807) is 23.1 Å². The highest BCUT2D eigenvalue weighted by molar-refractivity contribution is 5.92. The van der Waals surface area contributed by atoms with Crippen LogP contribution in [0.15, 0.2) is 30.3 Å². The Labute approximate surface area is 116 Å². The largest absolute Gasteiger partial charge is 0.395 e. The number of non-ortho nitro benzene ring substituents is 1. The van der Waals surface area contributed by atoms with E-state index in [1.165, 1.54) is 18.2 Å². The van der Waals surface area contributed by atoms with Gasteiger partial charge in [-0.1, -0.05) is 12.1 Å². The van der Waals surface area contributed by atoms with Crippen LogP contribution in [0.1, 0.15) is 18.4 Å². The molecule has 0 radical (unpaired) electrons. The maximum Gasteiger partial charge on any atom is 0.270 e. The lowest BCUT2D eigenvalue weighted by atomic mass is 10.2. The van der Waals surface area contributed by atoms with Crippen LogP contribution in [0.5, 0.6) is 0 Å². The Morgan fingerprint density at radius 3 is 2.85 bits per heavy atom. The topological polar surface area (TPSA) is 83.7 Å². The van der Waals surface area contributed by atoms with E-state index in [1.807, 2.05) is 0 Å². The minimum absolute atomic E-state index is 0.00555. The van der Waals surface area contributed by atoms with E-state index in [4.69, 9.17) is 5.11 Å². The van der Waals surface area contributed by atoms with Crippen LogP contribution in [0.4, 0.5) is 5.69 Å². The van der Waals surface area contributed by atoms with E-state index >= 15 is 0 Å². The number of rotatable bonds is 6. The Balaban J connectivity index is 2.05. The lowest BCUT2D eigenvalue weighted by Gasteiger charge is -2.19. The molecule has 1 aliphatic carbocycles. The number of benzene rings is 1. The lowest BCUT2D eigenvalue weighted by Crippen LogP contribution is -2.34. The van der Waals surface area contributed by atoms with Gasteiger partial charge in [0.05, 0.1) is 11.5 Å². The number of nitro benzene ring substituents is 1. The number of carbonyl (C=O) groups excluding carboxylic acids is 1. The second-order valence-corrected chi connectivity index (χ2v) is 4.67. The predicted octanol–water partition coefficient (Wildman–Crippen LogP) is 1.59. The van der Waals surface area contributed by atoms with Crippen molar-refractivity contribution in [3.63, 3.8) is 0 Å². The average Bonchev–Trinajstić information content (AvgIpc) is 3.27. The van der Waals surface area contributed by atoms with Crippen molar-refractivity contribution in [1.29, 1.82) is 0 Å². The van der Waals surface area contributed by atoms with Crippen LogP contribution in [-0.2, 0) is 4.79 Å². The van der Waals surface area contributed by atoms with Gasteiger partial charge in [0.1, 0.15) is 0 Å². The van der Waals surface area contributed by atoms with Crippen molar-refractivity contribution in [2.24, 2.45) is 0 Å². The highest BCUT2D eigenvalue weighted by Gasteiger charge is 2.30. The molecule has 1 aliphatic rings. The van der Waals surface area contributed by atoms with Crippen molar-refractivity contribution in [2.75, 3.05) is 13.2 Å². The van der Waals surface area contributed by atoms with Gasteiger partial charge >= 0.3 is 0 Å². The van der Waals surface area contributed by atoms with E-state index in [-0.39, 0.29) is 24.2 Å². The summed E-state index contributed by atoms with van der Waals surface area (Å²) in [4.78, 5) is 23.8. The Kier molecular flexibility index (Phi) is 4.47. The summed E-state index contributed by atoms with van der Waals surface area (Å²) >= 11 is 0. The Morgan fingerprint density at radius 2 is 2.25 bits per heavy atom. The zero-order chi connectivity index (χ0) is 14.5. The van der Waals surface area contributed by atoms with Crippen LogP contribution in [0.2, 0.25) is 0 Å². The average molecular weight is 276 g/mol. The van der Waals surface area contributed by atoms with Gasteiger partial charge in [-0.15, -0.1) is 0 Å². The Bertz CT molecular complexity index is 538. The minimum Gasteiger partial charge on any atom is -0.395 e. The third-order valence-corrected chi connectivity index (χ3v) is 3.11. The number of hydrogen-bond donors (Lipinski definition) is 1. The van der Waals surface area contributed by atoms with Crippen LogP contribution < -0.4 is 0 Å². The molecule has 0 atom stereocenters. The molecule has 1 aromatic carbocycles. The molecule has 0 aliphatic heterocycles. The molecular formula is C14H16N2O4. The van der Waals surface area contributed by atoms with E-state index < -0.39 is 4.92 Å². The van der Waals surface area contributed by atoms with Crippen molar-refractivity contribution in [1.82, 2.24) is 4.90 Å². The molecule has 20 heavy (non-hydrogen) atoms. The third-order valence-electron chi connectivity index (χ3n) is 3.11. The summed E-state index contributed by atoms with van der Waals surface area (Å²) < 4.78 is 0. The molecule has 0 spiro atoms. The number of hydrogen-bond acceptors (Lipinski definition) is 4. The van der Waals surface area contributed by atoms with Gasteiger partial charge in [0.15, 0.2) is 0 Å². The molecule has 106 valence electrons. The van der Waals surface area contributed by atoms with Crippen molar-refractivity contribution in [3.8, 4) is 0 Å². The fourth-order valence-electron chi connectivity index (χ4n) is 1.97. The van der Waals surface area contributed by atoms with Crippen molar-refractivity contribution in [3.05, 3.63) is 46.0 Å². The molecule has 0 saturated heterocycles. The molecule has 1 aromatic rings. The van der Waals surface area contributed by atoms with E-state index in [9.17, 15) is 14.9 Å². The second kappa shape index (κ2) is 6.29. The summed E-state index contributed by atoms with van der Waals surface area (Å²) in [6, 6.07) is 6.32. The standard InChI is InChI=1S/C14H16N2O4/c17-9-8-15(12-5-6-12)14(18)7-4-11-2-1-3-13(10-11)16(19)20/h1-4,7,10,12,17H,5-6,8-9H2/b7-4+. The first kappa shape index (κ1) is 14.2. The first-order valence-electron chi connectivity index (χ1n) is 6.46. The van der Waals surface area contributed by atoms with Gasteiger partial charge < -0.3 is 10.0 Å². The zero-order valence-electron chi connectivity index (χ0n) is 10.9. The summed E-state index contributed by atoms with van der Waals surface area (Å²) in [5.41, 5.74) is 0.598. The Morgan fingerprint density at radius 1 is 1.50 bits per heavy atom. The van der Waals surface area contributed by atoms with Gasteiger partial charge in [-0.2, -0.15) is 0 Å². The molecule has 0 aromatic heterocycles. The maximum absolute atomic E-state index is 12.0. The summed E-state index contributed by atoms with van der Waals surface area (Å²) in [6.45, 7) is 0.260. The van der Waals surface area contributed by atoms with Gasteiger partial charge in [-0.3, -0.25) is 14.9 Å². The van der Waals surface area contributed by atoms with Crippen molar-refractivity contribution < 1.29 is 14.8 Å². The van der Waals surface area contributed by atoms with Crippen LogP contribution in [0, 0.1) is 10.1 Å². The first-order valence-corrected chi connectivity index (χ1v) is 6.46. The van der Waals surface area contributed by atoms with Crippen LogP contribution in [0.3, 0.4) is 0 Å². The monoisotopic (exact) mass is 276 g/mol. The van der Waals surface area contributed by atoms with Crippen molar-refractivity contribution in [2.45, 2.75) is 18.9 Å². The number of aliphatic hydroxyl groups excluding tert-OH is 1. The van der Waals surface area contributed by atoms with E-state index in [2.05, 4.69) is 0 Å². The number of aliphatic hydroxyl groups is 1. The SMILES string of the molecule is O=C(/C=C/c1cccc([N+](=O)[O-])c1)N(CCO)C1CC1.